The van der Waals surface area contributed by atoms with Gasteiger partial charge in [-0.3, -0.25) is 4.79 Å². The summed E-state index contributed by atoms with van der Waals surface area (Å²) in [6, 6.07) is 16.0. The van der Waals surface area contributed by atoms with E-state index in [2.05, 4.69) is 55.3 Å². The molecule has 4 heteroatoms. The van der Waals surface area contributed by atoms with E-state index in [-0.39, 0.29) is 11.3 Å². The molecule has 0 aliphatic carbocycles. The second-order valence-electron chi connectivity index (χ2n) is 8.26. The molecule has 1 unspecified atom stereocenters. The highest BCUT2D eigenvalue weighted by atomic mass is 16.5. The average Bonchev–Trinajstić information content (AvgIpc) is 3.16. The van der Waals surface area contributed by atoms with Gasteiger partial charge in [-0.25, -0.2) is 0 Å². The first-order chi connectivity index (χ1) is 12.8. The maximum Gasteiger partial charge on any atom is 0.265 e. The van der Waals surface area contributed by atoms with Gasteiger partial charge in [0.2, 0.25) is 0 Å². The molecule has 1 heterocycles. The summed E-state index contributed by atoms with van der Waals surface area (Å²) in [6.07, 6.45) is 1.94. The van der Waals surface area contributed by atoms with Gasteiger partial charge in [0.25, 0.3) is 5.91 Å². The van der Waals surface area contributed by atoms with Crippen LogP contribution >= 0.6 is 0 Å². The monoisotopic (exact) mass is 366 g/mol. The Balaban J connectivity index is 1.55. The van der Waals surface area contributed by atoms with Crippen molar-refractivity contribution in [2.45, 2.75) is 52.1 Å². The van der Waals surface area contributed by atoms with E-state index in [0.29, 0.717) is 5.75 Å². The molecule has 1 amide bonds. The molecule has 0 saturated carbocycles. The normalized spacial score (nSPS) is 15.5. The second-order valence-corrected chi connectivity index (χ2v) is 8.26. The summed E-state index contributed by atoms with van der Waals surface area (Å²) in [5, 5.41) is 2.93. The number of hydrogen-bond acceptors (Lipinski definition) is 3. The summed E-state index contributed by atoms with van der Waals surface area (Å²) in [7, 11) is 0. The lowest BCUT2D eigenvalue weighted by Gasteiger charge is -2.20. The number of ether oxygens (including phenoxy) is 1. The summed E-state index contributed by atoms with van der Waals surface area (Å²) in [6.45, 7) is 10.5. The number of hydrogen-bond donors (Lipinski definition) is 1. The Bertz CT molecular complexity index is 754. The van der Waals surface area contributed by atoms with E-state index < -0.39 is 6.10 Å². The quantitative estimate of drug-likeness (QED) is 0.810. The Morgan fingerprint density at radius 2 is 1.59 bits per heavy atom. The molecule has 0 bridgehead atoms. The molecule has 4 nitrogen and oxygen atoms in total. The smallest absolute Gasteiger partial charge is 0.265 e. The zero-order valence-corrected chi connectivity index (χ0v) is 16.8. The molecule has 0 aromatic heterocycles. The van der Waals surface area contributed by atoms with Crippen LogP contribution in [0.3, 0.4) is 0 Å². The summed E-state index contributed by atoms with van der Waals surface area (Å²) in [4.78, 5) is 14.8. The van der Waals surface area contributed by atoms with E-state index in [9.17, 15) is 4.79 Å². The van der Waals surface area contributed by atoms with Crippen molar-refractivity contribution >= 4 is 17.3 Å². The number of benzene rings is 2. The van der Waals surface area contributed by atoms with Crippen molar-refractivity contribution in [3.05, 3.63) is 54.1 Å². The van der Waals surface area contributed by atoms with E-state index >= 15 is 0 Å². The van der Waals surface area contributed by atoms with Gasteiger partial charge < -0.3 is 15.0 Å². The first kappa shape index (κ1) is 19.3. The predicted octanol–water partition coefficient (Wildman–Crippen LogP) is 4.99. The van der Waals surface area contributed by atoms with Crippen LogP contribution in [0.4, 0.5) is 11.4 Å². The second kappa shape index (κ2) is 8.03. The zero-order valence-electron chi connectivity index (χ0n) is 16.8. The first-order valence-corrected chi connectivity index (χ1v) is 9.76. The predicted molar refractivity (Wildman–Crippen MR) is 112 cm³/mol. The fourth-order valence-electron chi connectivity index (χ4n) is 3.27. The molecule has 1 N–H and O–H groups in total. The van der Waals surface area contributed by atoms with Gasteiger partial charge in [0.1, 0.15) is 5.75 Å². The van der Waals surface area contributed by atoms with Gasteiger partial charge in [0.15, 0.2) is 6.10 Å². The minimum atomic E-state index is -0.566. The van der Waals surface area contributed by atoms with Gasteiger partial charge in [-0.05, 0) is 67.1 Å². The van der Waals surface area contributed by atoms with Crippen molar-refractivity contribution in [2.75, 3.05) is 23.3 Å². The highest BCUT2D eigenvalue weighted by Crippen LogP contribution is 2.25. The molecule has 0 radical (unpaired) electrons. The minimum absolute atomic E-state index is 0.1000. The van der Waals surface area contributed by atoms with Gasteiger partial charge >= 0.3 is 0 Å². The van der Waals surface area contributed by atoms with Crippen LogP contribution in [0.1, 0.15) is 46.1 Å². The fraction of sp³-hybridized carbons (Fsp3) is 0.435. The van der Waals surface area contributed by atoms with Gasteiger partial charge in [0, 0.05) is 24.5 Å². The van der Waals surface area contributed by atoms with Crippen molar-refractivity contribution < 1.29 is 9.53 Å². The Labute approximate surface area is 162 Å². The van der Waals surface area contributed by atoms with Crippen LogP contribution in [0.25, 0.3) is 0 Å². The summed E-state index contributed by atoms with van der Waals surface area (Å²) >= 11 is 0. The van der Waals surface area contributed by atoms with Crippen LogP contribution < -0.4 is 15.0 Å². The molecule has 1 atom stereocenters. The summed E-state index contributed by atoms with van der Waals surface area (Å²) in [5.41, 5.74) is 3.35. The van der Waals surface area contributed by atoms with Gasteiger partial charge in [-0.15, -0.1) is 0 Å². The maximum absolute atomic E-state index is 12.4. The van der Waals surface area contributed by atoms with Gasteiger partial charge in [-0.2, -0.15) is 0 Å². The Morgan fingerprint density at radius 1 is 1.00 bits per heavy atom. The number of rotatable bonds is 5. The minimum Gasteiger partial charge on any atom is -0.481 e. The maximum atomic E-state index is 12.4. The van der Waals surface area contributed by atoms with E-state index in [1.54, 1.807) is 6.92 Å². The topological polar surface area (TPSA) is 41.6 Å². The molecule has 0 spiro atoms. The van der Waals surface area contributed by atoms with Crippen molar-refractivity contribution in [1.29, 1.82) is 0 Å². The number of nitrogens with zero attached hydrogens (tertiary/aromatic N) is 1. The van der Waals surface area contributed by atoms with Gasteiger partial charge in [-0.1, -0.05) is 32.9 Å². The Morgan fingerprint density at radius 3 is 2.15 bits per heavy atom. The highest BCUT2D eigenvalue weighted by Gasteiger charge is 2.17. The number of carbonyl (C=O) groups excluding carboxylic acids is 1. The molecule has 2 aromatic rings. The van der Waals surface area contributed by atoms with Crippen LogP contribution in [-0.2, 0) is 10.2 Å². The number of amides is 1. The third-order valence-corrected chi connectivity index (χ3v) is 5.01. The van der Waals surface area contributed by atoms with Crippen molar-refractivity contribution in [3.63, 3.8) is 0 Å². The van der Waals surface area contributed by atoms with Gasteiger partial charge in [0.05, 0.1) is 0 Å². The van der Waals surface area contributed by atoms with E-state index in [4.69, 9.17) is 4.74 Å². The summed E-state index contributed by atoms with van der Waals surface area (Å²) < 4.78 is 5.80. The molecule has 1 aliphatic heterocycles. The molecule has 144 valence electrons. The highest BCUT2D eigenvalue weighted by molar-refractivity contribution is 5.94. The molecule has 2 aromatic carbocycles. The molecule has 1 aliphatic rings. The summed E-state index contributed by atoms with van der Waals surface area (Å²) in [5.74, 6) is 0.554. The average molecular weight is 367 g/mol. The number of anilines is 2. The van der Waals surface area contributed by atoms with Crippen LogP contribution in [0, 0.1) is 0 Å². The molecule has 1 fully saturated rings. The third-order valence-electron chi connectivity index (χ3n) is 5.01. The largest absolute Gasteiger partial charge is 0.481 e. The number of nitrogens with one attached hydrogen (secondary N) is 1. The van der Waals surface area contributed by atoms with E-state index in [1.807, 2.05) is 24.3 Å². The molecular formula is C23H30N2O2. The van der Waals surface area contributed by atoms with Crippen LogP contribution in [0.2, 0.25) is 0 Å². The fourth-order valence-corrected chi connectivity index (χ4v) is 3.27. The van der Waals surface area contributed by atoms with E-state index in [0.717, 1.165) is 18.8 Å². The SMILES string of the molecule is CC(Oc1ccc(C(C)(C)C)cc1)C(=O)Nc1ccc(N2CCCC2)cc1. The molecular weight excluding hydrogens is 336 g/mol. The third kappa shape index (κ3) is 5.03. The van der Waals surface area contributed by atoms with Crippen molar-refractivity contribution in [2.24, 2.45) is 0 Å². The molecule has 3 rings (SSSR count). The van der Waals surface area contributed by atoms with Crippen LogP contribution in [-0.4, -0.2) is 25.1 Å². The van der Waals surface area contributed by atoms with Crippen LogP contribution in [0.15, 0.2) is 48.5 Å². The lowest BCUT2D eigenvalue weighted by molar-refractivity contribution is -0.122. The Hall–Kier alpha value is -2.49. The first-order valence-electron chi connectivity index (χ1n) is 9.76. The molecule has 1 saturated heterocycles. The van der Waals surface area contributed by atoms with Crippen molar-refractivity contribution in [1.82, 2.24) is 0 Å². The van der Waals surface area contributed by atoms with Crippen LogP contribution in [0.5, 0.6) is 5.75 Å². The lowest BCUT2D eigenvalue weighted by Crippen LogP contribution is -2.30. The number of carbonyl (C=O) groups is 1. The molecule has 27 heavy (non-hydrogen) atoms. The lowest BCUT2D eigenvalue weighted by atomic mass is 9.87. The zero-order chi connectivity index (χ0) is 19.4. The van der Waals surface area contributed by atoms with E-state index in [1.165, 1.54) is 24.1 Å². The standard InChI is InChI=1S/C23H30N2O2/c1-17(27-21-13-7-18(8-14-21)23(2,3)4)22(26)24-19-9-11-20(12-10-19)25-15-5-6-16-25/h7-14,17H,5-6,15-16H2,1-4H3,(H,24,26). The Kier molecular flexibility index (Phi) is 5.73. The van der Waals surface area contributed by atoms with Crippen molar-refractivity contribution in [3.8, 4) is 5.75 Å².